The molecule has 0 aliphatic carbocycles. The van der Waals surface area contributed by atoms with Crippen molar-refractivity contribution in [3.05, 3.63) is 29.8 Å². The van der Waals surface area contributed by atoms with Crippen LogP contribution in [-0.4, -0.2) is 20.3 Å². The lowest BCUT2D eigenvalue weighted by atomic mass is 10.2. The molecule has 0 spiro atoms. The van der Waals surface area contributed by atoms with Gasteiger partial charge in [0.1, 0.15) is 0 Å². The van der Waals surface area contributed by atoms with Crippen molar-refractivity contribution < 1.29 is 22.0 Å². The van der Waals surface area contributed by atoms with E-state index in [0.717, 1.165) is 18.2 Å². The maximum absolute atomic E-state index is 13.2. The van der Waals surface area contributed by atoms with E-state index >= 15 is 0 Å². The number of benzene rings is 1. The molecule has 0 bridgehead atoms. The summed E-state index contributed by atoms with van der Waals surface area (Å²) < 4.78 is 49.4. The minimum absolute atomic E-state index is 0.195. The number of rotatable bonds is 4. The van der Waals surface area contributed by atoms with Crippen LogP contribution in [-0.2, 0) is 20.7 Å². The normalized spacial score (nSPS) is 11.9. The summed E-state index contributed by atoms with van der Waals surface area (Å²) in [5, 5.41) is 0. The van der Waals surface area contributed by atoms with Gasteiger partial charge in [-0.1, -0.05) is 19.1 Å². The van der Waals surface area contributed by atoms with Gasteiger partial charge >= 0.3 is 6.05 Å². The maximum atomic E-state index is 13.2. The fraction of sp³-hybridized carbons (Fsp3) is 0.300. The molecule has 0 unspecified atom stereocenters. The topological polar surface area (TPSA) is 63.6 Å². The van der Waals surface area contributed by atoms with Gasteiger partial charge in [0.05, 0.1) is 10.6 Å². The molecule has 0 heterocycles. The summed E-state index contributed by atoms with van der Waals surface area (Å²) in [5.41, 5.74) is -0.657. The van der Waals surface area contributed by atoms with E-state index < -0.39 is 21.4 Å². The van der Waals surface area contributed by atoms with E-state index in [9.17, 15) is 22.0 Å². The molecular weight excluding hydrogens is 252 g/mol. The van der Waals surface area contributed by atoms with Gasteiger partial charge in [-0.2, -0.15) is 8.78 Å². The smallest absolute Gasteiger partial charge is 0.224 e. The Morgan fingerprint density at radius 1 is 1.41 bits per heavy atom. The standard InChI is InChI=1S/C10H9F2NO3S/c1-2-17(15,16)9-5-3-4-8(6-9)10(11,12)13-7-14/h3-6H,2H2,1H3. The van der Waals surface area contributed by atoms with Gasteiger partial charge in [0.25, 0.3) is 0 Å². The molecule has 1 rings (SSSR count). The molecule has 0 atom stereocenters. The first-order valence-electron chi connectivity index (χ1n) is 4.63. The number of carbonyl (C=O) groups excluding carboxylic acids is 1. The van der Waals surface area contributed by atoms with Gasteiger partial charge in [0, 0.05) is 5.56 Å². The van der Waals surface area contributed by atoms with E-state index in [4.69, 9.17) is 0 Å². The molecule has 0 aliphatic rings. The lowest BCUT2D eigenvalue weighted by Gasteiger charge is -2.10. The van der Waals surface area contributed by atoms with E-state index in [1.807, 2.05) is 0 Å². The average Bonchev–Trinajstić information content (AvgIpc) is 2.29. The van der Waals surface area contributed by atoms with Gasteiger partial charge in [-0.25, -0.2) is 13.2 Å². The second kappa shape index (κ2) is 4.73. The molecule has 0 fully saturated rings. The summed E-state index contributed by atoms with van der Waals surface area (Å²) in [6, 6.07) is 0.422. The van der Waals surface area contributed by atoms with Crippen molar-refractivity contribution in [3.63, 3.8) is 0 Å². The first-order valence-corrected chi connectivity index (χ1v) is 6.29. The number of nitrogens with zero attached hydrogens (tertiary/aromatic N) is 1. The highest BCUT2D eigenvalue weighted by Gasteiger charge is 2.31. The van der Waals surface area contributed by atoms with Crippen LogP contribution in [0.15, 0.2) is 34.2 Å². The summed E-state index contributed by atoms with van der Waals surface area (Å²) in [6.07, 6.45) is 0.754. The second-order valence-electron chi connectivity index (χ2n) is 3.18. The monoisotopic (exact) mass is 261 g/mol. The first kappa shape index (κ1) is 13.5. The van der Waals surface area contributed by atoms with Gasteiger partial charge < -0.3 is 0 Å². The molecule has 0 radical (unpaired) electrons. The van der Waals surface area contributed by atoms with E-state index in [2.05, 4.69) is 4.99 Å². The number of hydrogen-bond donors (Lipinski definition) is 0. The number of alkyl halides is 2. The number of hydrogen-bond acceptors (Lipinski definition) is 4. The number of isocyanates is 1. The highest BCUT2D eigenvalue weighted by molar-refractivity contribution is 7.91. The third-order valence-corrected chi connectivity index (χ3v) is 3.84. The summed E-state index contributed by atoms with van der Waals surface area (Å²) in [7, 11) is -3.57. The van der Waals surface area contributed by atoms with Gasteiger partial charge in [0.2, 0.25) is 6.08 Å². The molecule has 0 saturated carbocycles. The van der Waals surface area contributed by atoms with Crippen molar-refractivity contribution in [2.24, 2.45) is 4.99 Å². The predicted molar refractivity (Wildman–Crippen MR) is 56.2 cm³/mol. The van der Waals surface area contributed by atoms with Gasteiger partial charge in [-0.3, -0.25) is 0 Å². The SMILES string of the molecule is CCS(=O)(=O)c1cccc(C(F)(F)N=C=O)c1. The number of aliphatic imine (C=N–C) groups is 1. The van der Waals surface area contributed by atoms with Crippen LogP contribution in [0.3, 0.4) is 0 Å². The van der Waals surface area contributed by atoms with Crippen LogP contribution in [0.4, 0.5) is 8.78 Å². The summed E-state index contributed by atoms with van der Waals surface area (Å²) in [5.74, 6) is -0.195. The fourth-order valence-corrected chi connectivity index (χ4v) is 2.09. The molecule has 0 amide bonds. The molecule has 1 aromatic rings. The Balaban J connectivity index is 3.33. The Labute approximate surface area is 96.9 Å². The lowest BCUT2D eigenvalue weighted by Crippen LogP contribution is -2.11. The molecular formula is C10H9F2NO3S. The van der Waals surface area contributed by atoms with E-state index in [-0.39, 0.29) is 10.6 Å². The lowest BCUT2D eigenvalue weighted by molar-refractivity contribution is 0.00596. The van der Waals surface area contributed by atoms with E-state index in [1.54, 1.807) is 0 Å². The first-order chi connectivity index (χ1) is 7.83. The average molecular weight is 261 g/mol. The number of sulfone groups is 1. The molecule has 0 aromatic heterocycles. The third kappa shape index (κ3) is 2.95. The van der Waals surface area contributed by atoms with Gasteiger partial charge in [-0.15, -0.1) is 4.99 Å². The van der Waals surface area contributed by atoms with E-state index in [0.29, 0.717) is 0 Å². The van der Waals surface area contributed by atoms with Crippen LogP contribution in [0, 0.1) is 0 Å². The highest BCUT2D eigenvalue weighted by Crippen LogP contribution is 2.30. The fourth-order valence-electron chi connectivity index (χ4n) is 1.17. The molecule has 7 heteroatoms. The van der Waals surface area contributed by atoms with Crippen molar-refractivity contribution in [2.75, 3.05) is 5.75 Å². The van der Waals surface area contributed by atoms with Crippen LogP contribution < -0.4 is 0 Å². The van der Waals surface area contributed by atoms with Crippen LogP contribution >= 0.6 is 0 Å². The van der Waals surface area contributed by atoms with Crippen molar-refractivity contribution in [2.45, 2.75) is 17.9 Å². The van der Waals surface area contributed by atoms with E-state index in [1.165, 1.54) is 19.1 Å². The zero-order valence-electron chi connectivity index (χ0n) is 8.85. The Hall–Kier alpha value is -1.59. The minimum atomic E-state index is -3.76. The molecule has 0 aliphatic heterocycles. The summed E-state index contributed by atoms with van der Waals surface area (Å²) in [4.78, 5) is 12.0. The molecule has 0 saturated heterocycles. The van der Waals surface area contributed by atoms with Crippen LogP contribution in [0.5, 0.6) is 0 Å². The Kier molecular flexibility index (Phi) is 3.75. The number of halogens is 2. The quantitative estimate of drug-likeness (QED) is 0.472. The maximum Gasteiger partial charge on any atom is 0.379 e. The molecule has 92 valence electrons. The zero-order valence-corrected chi connectivity index (χ0v) is 9.67. The molecule has 1 aromatic carbocycles. The summed E-state index contributed by atoms with van der Waals surface area (Å²) in [6.45, 7) is 1.41. The Morgan fingerprint density at radius 3 is 2.59 bits per heavy atom. The minimum Gasteiger partial charge on any atom is -0.224 e. The molecule has 17 heavy (non-hydrogen) atoms. The third-order valence-electron chi connectivity index (χ3n) is 2.11. The highest BCUT2D eigenvalue weighted by atomic mass is 32.2. The molecule has 0 N–H and O–H groups in total. The molecule has 4 nitrogen and oxygen atoms in total. The van der Waals surface area contributed by atoms with Gasteiger partial charge in [-0.05, 0) is 12.1 Å². The van der Waals surface area contributed by atoms with Crippen molar-refractivity contribution >= 4 is 15.9 Å². The van der Waals surface area contributed by atoms with Crippen molar-refractivity contribution in [1.82, 2.24) is 0 Å². The van der Waals surface area contributed by atoms with Crippen molar-refractivity contribution in [3.8, 4) is 0 Å². The van der Waals surface area contributed by atoms with Gasteiger partial charge in [0.15, 0.2) is 9.84 Å². The van der Waals surface area contributed by atoms with Crippen LogP contribution in [0.25, 0.3) is 0 Å². The van der Waals surface area contributed by atoms with Crippen molar-refractivity contribution in [1.29, 1.82) is 0 Å². The van der Waals surface area contributed by atoms with Crippen LogP contribution in [0.1, 0.15) is 12.5 Å². The second-order valence-corrected chi connectivity index (χ2v) is 5.45. The largest absolute Gasteiger partial charge is 0.379 e. The Bertz CT molecular complexity index is 563. The summed E-state index contributed by atoms with van der Waals surface area (Å²) >= 11 is 0. The Morgan fingerprint density at radius 2 is 2.06 bits per heavy atom. The predicted octanol–water partition coefficient (Wildman–Crippen LogP) is 1.87. The zero-order chi connectivity index (χ0) is 13.1. The van der Waals surface area contributed by atoms with Crippen LogP contribution in [0.2, 0.25) is 0 Å².